The molecule has 1 N–H and O–H groups in total. The highest BCUT2D eigenvalue weighted by atomic mass is 35.5. The van der Waals surface area contributed by atoms with Crippen molar-refractivity contribution in [2.75, 3.05) is 23.7 Å². The number of hydrogen-bond donors (Lipinski definition) is 1. The molecule has 2 aromatic carbocycles. The molecule has 2 aromatic rings. The van der Waals surface area contributed by atoms with Crippen LogP contribution in [0.5, 0.6) is 5.75 Å². The Hall–Kier alpha value is -2.25. The molecule has 1 saturated heterocycles. The first-order valence-corrected chi connectivity index (χ1v) is 12.2. The van der Waals surface area contributed by atoms with Gasteiger partial charge in [0.15, 0.2) is 15.9 Å². The van der Waals surface area contributed by atoms with Crippen LogP contribution in [-0.4, -0.2) is 45.3 Å². The second-order valence-corrected chi connectivity index (χ2v) is 10.4. The first-order chi connectivity index (χ1) is 14.4. The van der Waals surface area contributed by atoms with Gasteiger partial charge in [-0.05, 0) is 60.9 Å². The number of nitrogens with one attached hydrogen (secondary N) is 1. The minimum atomic E-state index is -3.18. The highest BCUT2D eigenvalue weighted by Gasteiger charge is 2.31. The van der Waals surface area contributed by atoms with E-state index < -0.39 is 15.9 Å². The Bertz CT molecular complexity index is 1030. The van der Waals surface area contributed by atoms with Crippen molar-refractivity contribution in [1.82, 2.24) is 5.32 Å². The van der Waals surface area contributed by atoms with E-state index >= 15 is 0 Å². The highest BCUT2D eigenvalue weighted by Crippen LogP contribution is 2.31. The smallest absolute Gasteiger partial charge is 0.261 e. The molecule has 1 fully saturated rings. The van der Waals surface area contributed by atoms with E-state index in [1.165, 1.54) is 0 Å². The third-order valence-electron chi connectivity index (χ3n) is 5.77. The van der Waals surface area contributed by atoms with E-state index in [4.69, 9.17) is 16.3 Å². The van der Waals surface area contributed by atoms with Crippen LogP contribution in [0.3, 0.4) is 0 Å². The summed E-state index contributed by atoms with van der Waals surface area (Å²) < 4.78 is 29.7. The second kappa shape index (κ2) is 8.47. The van der Waals surface area contributed by atoms with Gasteiger partial charge in [-0.1, -0.05) is 18.5 Å². The van der Waals surface area contributed by atoms with Gasteiger partial charge in [0.2, 0.25) is 0 Å². The number of benzene rings is 2. The molecule has 0 saturated carbocycles. The number of ether oxygens (including phenoxy) is 1. The number of carbonyl (C=O) groups excluding carboxylic acids is 1. The predicted molar refractivity (Wildman–Crippen MR) is 117 cm³/mol. The Balaban J connectivity index is 1.29. The number of hydrogen-bond acceptors (Lipinski definition) is 5. The zero-order valence-corrected chi connectivity index (χ0v) is 18.4. The largest absolute Gasteiger partial charge is 0.480 e. The fourth-order valence-corrected chi connectivity index (χ4v) is 5.05. The number of anilines is 1. The Morgan fingerprint density at radius 3 is 2.53 bits per heavy atom. The summed E-state index contributed by atoms with van der Waals surface area (Å²) in [5.41, 5.74) is 1.97. The summed E-state index contributed by atoms with van der Waals surface area (Å²) in [5, 5.41) is 3.76. The van der Waals surface area contributed by atoms with Crippen LogP contribution in [0.15, 0.2) is 47.4 Å². The molecular weight excluding hydrogens is 424 g/mol. The van der Waals surface area contributed by atoms with Crippen molar-refractivity contribution in [2.45, 2.75) is 43.2 Å². The summed E-state index contributed by atoms with van der Waals surface area (Å²) in [6.45, 7) is 3.24. The zero-order chi connectivity index (χ0) is 21.3. The fourth-order valence-electron chi connectivity index (χ4n) is 3.97. The van der Waals surface area contributed by atoms with Crippen molar-refractivity contribution in [3.8, 4) is 5.75 Å². The van der Waals surface area contributed by atoms with E-state index in [1.807, 2.05) is 18.2 Å². The van der Waals surface area contributed by atoms with Crippen LogP contribution in [0.1, 0.15) is 25.3 Å². The molecule has 1 amide bonds. The summed E-state index contributed by atoms with van der Waals surface area (Å²) in [6, 6.07) is 12.6. The third kappa shape index (κ3) is 4.42. The number of nitrogens with zero attached hydrogens (tertiary/aromatic N) is 1. The summed E-state index contributed by atoms with van der Waals surface area (Å²) in [6.07, 6.45) is 1.68. The monoisotopic (exact) mass is 448 g/mol. The predicted octanol–water partition coefficient (Wildman–Crippen LogP) is 3.22. The van der Waals surface area contributed by atoms with Gasteiger partial charge in [0.25, 0.3) is 5.91 Å². The second-order valence-electron chi connectivity index (χ2n) is 7.73. The first kappa shape index (κ1) is 21.0. The molecule has 0 aliphatic carbocycles. The van der Waals surface area contributed by atoms with E-state index in [9.17, 15) is 13.2 Å². The van der Waals surface area contributed by atoms with Gasteiger partial charge in [0.1, 0.15) is 5.75 Å². The Labute approximate surface area is 182 Å². The molecule has 6 nitrogen and oxygen atoms in total. The van der Waals surface area contributed by atoms with Crippen LogP contribution in [0, 0.1) is 0 Å². The Morgan fingerprint density at radius 2 is 1.87 bits per heavy atom. The summed E-state index contributed by atoms with van der Waals surface area (Å²) in [7, 11) is -3.18. The maximum Gasteiger partial charge on any atom is 0.261 e. The lowest BCUT2D eigenvalue weighted by molar-refractivity contribution is -0.128. The number of piperidine rings is 1. The van der Waals surface area contributed by atoms with Crippen LogP contribution >= 0.6 is 11.6 Å². The fraction of sp³-hybridized carbons (Fsp3) is 0.409. The van der Waals surface area contributed by atoms with Crippen LogP contribution in [0.2, 0.25) is 5.02 Å². The maximum absolute atomic E-state index is 12.6. The summed E-state index contributed by atoms with van der Waals surface area (Å²) in [5.74, 6) is 0.734. The molecule has 0 aromatic heterocycles. The van der Waals surface area contributed by atoms with Crippen molar-refractivity contribution in [3.63, 3.8) is 0 Å². The first-order valence-electron chi connectivity index (χ1n) is 10.2. The molecule has 30 heavy (non-hydrogen) atoms. The molecule has 1 unspecified atom stereocenters. The molecule has 2 heterocycles. The lowest BCUT2D eigenvalue weighted by atomic mass is 10.0. The summed E-state index contributed by atoms with van der Waals surface area (Å²) >= 11 is 6.02. The number of rotatable bonds is 5. The SMILES string of the molecule is CCS(=O)(=O)c1ccc(N2CCC(NC(=O)C3Cc4cc(Cl)ccc4O3)CC2)cc1. The lowest BCUT2D eigenvalue weighted by Crippen LogP contribution is -2.48. The molecule has 2 aliphatic heterocycles. The molecule has 1 atom stereocenters. The lowest BCUT2D eigenvalue weighted by Gasteiger charge is -2.34. The molecule has 2 aliphatic rings. The van der Waals surface area contributed by atoms with Gasteiger partial charge in [-0.3, -0.25) is 4.79 Å². The minimum absolute atomic E-state index is 0.0881. The molecule has 8 heteroatoms. The third-order valence-corrected chi connectivity index (χ3v) is 7.76. The molecule has 4 rings (SSSR count). The van der Waals surface area contributed by atoms with E-state index in [0.29, 0.717) is 16.3 Å². The quantitative estimate of drug-likeness (QED) is 0.760. The zero-order valence-electron chi connectivity index (χ0n) is 16.8. The average molecular weight is 449 g/mol. The molecule has 160 valence electrons. The Kier molecular flexibility index (Phi) is 5.93. The van der Waals surface area contributed by atoms with Gasteiger partial charge >= 0.3 is 0 Å². The topological polar surface area (TPSA) is 75.7 Å². The number of carbonyl (C=O) groups is 1. The number of amides is 1. The highest BCUT2D eigenvalue weighted by molar-refractivity contribution is 7.91. The number of halogens is 1. The Morgan fingerprint density at radius 1 is 1.17 bits per heavy atom. The van der Waals surface area contributed by atoms with Gasteiger partial charge in [0, 0.05) is 36.3 Å². The molecular formula is C22H25ClN2O4S. The molecule has 0 radical (unpaired) electrons. The van der Waals surface area contributed by atoms with Crippen LogP contribution in [0.25, 0.3) is 0 Å². The van der Waals surface area contributed by atoms with Crippen molar-refractivity contribution in [3.05, 3.63) is 53.1 Å². The number of sulfone groups is 1. The van der Waals surface area contributed by atoms with E-state index in [2.05, 4.69) is 10.2 Å². The normalized spacial score (nSPS) is 19.3. The van der Waals surface area contributed by atoms with Gasteiger partial charge in [-0.2, -0.15) is 0 Å². The van der Waals surface area contributed by atoms with E-state index in [-0.39, 0.29) is 17.7 Å². The average Bonchev–Trinajstić information content (AvgIpc) is 3.18. The van der Waals surface area contributed by atoms with Crippen molar-refractivity contribution >= 4 is 33.0 Å². The van der Waals surface area contributed by atoms with Crippen molar-refractivity contribution in [2.24, 2.45) is 0 Å². The van der Waals surface area contributed by atoms with Gasteiger partial charge < -0.3 is 15.0 Å². The van der Waals surface area contributed by atoms with Crippen LogP contribution in [0.4, 0.5) is 5.69 Å². The molecule has 0 bridgehead atoms. The minimum Gasteiger partial charge on any atom is -0.480 e. The van der Waals surface area contributed by atoms with Gasteiger partial charge in [-0.25, -0.2) is 8.42 Å². The van der Waals surface area contributed by atoms with Gasteiger partial charge in [-0.15, -0.1) is 0 Å². The van der Waals surface area contributed by atoms with Crippen LogP contribution < -0.4 is 15.0 Å². The molecule has 0 spiro atoms. The van der Waals surface area contributed by atoms with E-state index in [0.717, 1.165) is 42.9 Å². The van der Waals surface area contributed by atoms with E-state index in [1.54, 1.807) is 31.2 Å². The van der Waals surface area contributed by atoms with Crippen molar-refractivity contribution in [1.29, 1.82) is 0 Å². The summed E-state index contributed by atoms with van der Waals surface area (Å²) in [4.78, 5) is 15.2. The van der Waals surface area contributed by atoms with Crippen LogP contribution in [-0.2, 0) is 21.1 Å². The number of fused-ring (bicyclic) bond motifs is 1. The maximum atomic E-state index is 12.6. The van der Waals surface area contributed by atoms with Crippen molar-refractivity contribution < 1.29 is 17.9 Å². The standard InChI is InChI=1S/C22H25ClN2O4S/c1-2-30(27,28)19-6-4-18(5-7-19)25-11-9-17(10-12-25)24-22(26)21-14-15-13-16(23)3-8-20(15)29-21/h3-8,13,17,21H,2,9-12,14H2,1H3,(H,24,26). The van der Waals surface area contributed by atoms with Gasteiger partial charge in [0.05, 0.1) is 10.6 Å².